The van der Waals surface area contributed by atoms with E-state index in [0.29, 0.717) is 12.4 Å². The van der Waals surface area contributed by atoms with E-state index in [2.05, 4.69) is 21.4 Å². The standard InChI is InChI=1S/C11H17N5/c1-4-13-11-14-8-6-10(15-11)16(3)9(2)5-7-12/h6,8-9H,4-5H2,1-3H3,(H,13,14,15). The Balaban J connectivity index is 2.79. The van der Waals surface area contributed by atoms with Gasteiger partial charge in [-0.25, -0.2) is 4.98 Å². The van der Waals surface area contributed by atoms with Crippen molar-refractivity contribution >= 4 is 11.8 Å². The van der Waals surface area contributed by atoms with Crippen LogP contribution in [0.2, 0.25) is 0 Å². The number of nitrogens with one attached hydrogen (secondary N) is 1. The molecule has 1 rings (SSSR count). The fourth-order valence-corrected chi connectivity index (χ4v) is 1.28. The Morgan fingerprint density at radius 1 is 1.62 bits per heavy atom. The third-order valence-corrected chi connectivity index (χ3v) is 2.38. The summed E-state index contributed by atoms with van der Waals surface area (Å²) in [5.74, 6) is 1.45. The number of hydrogen-bond acceptors (Lipinski definition) is 5. The zero-order valence-corrected chi connectivity index (χ0v) is 9.94. The van der Waals surface area contributed by atoms with Crippen LogP contribution in [0, 0.1) is 11.3 Å². The molecule has 86 valence electrons. The first-order valence-electron chi connectivity index (χ1n) is 5.35. The van der Waals surface area contributed by atoms with E-state index in [0.717, 1.165) is 12.4 Å². The van der Waals surface area contributed by atoms with Crippen molar-refractivity contribution in [1.29, 1.82) is 5.26 Å². The van der Waals surface area contributed by atoms with Crippen LogP contribution in [0.25, 0.3) is 0 Å². The maximum Gasteiger partial charge on any atom is 0.224 e. The first kappa shape index (κ1) is 12.2. The molecule has 1 heterocycles. The van der Waals surface area contributed by atoms with Crippen molar-refractivity contribution in [3.8, 4) is 6.07 Å². The van der Waals surface area contributed by atoms with Gasteiger partial charge in [-0.05, 0) is 19.9 Å². The maximum absolute atomic E-state index is 8.65. The average Bonchev–Trinajstić information content (AvgIpc) is 2.29. The van der Waals surface area contributed by atoms with Gasteiger partial charge in [-0.15, -0.1) is 0 Å². The molecule has 0 radical (unpaired) electrons. The molecule has 0 saturated heterocycles. The fraction of sp³-hybridized carbons (Fsp3) is 0.545. The topological polar surface area (TPSA) is 64.8 Å². The lowest BCUT2D eigenvalue weighted by atomic mass is 10.2. The lowest BCUT2D eigenvalue weighted by molar-refractivity contribution is 0.693. The minimum atomic E-state index is 0.148. The Labute approximate surface area is 96.1 Å². The zero-order chi connectivity index (χ0) is 12.0. The van der Waals surface area contributed by atoms with Crippen molar-refractivity contribution in [1.82, 2.24) is 9.97 Å². The van der Waals surface area contributed by atoms with Gasteiger partial charge in [0.25, 0.3) is 0 Å². The van der Waals surface area contributed by atoms with Crippen molar-refractivity contribution in [2.24, 2.45) is 0 Å². The van der Waals surface area contributed by atoms with Crippen molar-refractivity contribution < 1.29 is 0 Å². The van der Waals surface area contributed by atoms with E-state index in [1.807, 2.05) is 31.9 Å². The number of nitriles is 1. The van der Waals surface area contributed by atoms with E-state index in [1.165, 1.54) is 0 Å². The summed E-state index contributed by atoms with van der Waals surface area (Å²) in [4.78, 5) is 10.4. The predicted molar refractivity (Wildman–Crippen MR) is 64.3 cm³/mol. The molecule has 5 heteroatoms. The SMILES string of the molecule is CCNc1nccc(N(C)C(C)CC#N)n1. The molecule has 0 fully saturated rings. The maximum atomic E-state index is 8.65. The summed E-state index contributed by atoms with van der Waals surface area (Å²) < 4.78 is 0. The molecule has 0 aromatic carbocycles. The molecular weight excluding hydrogens is 202 g/mol. The molecule has 0 spiro atoms. The van der Waals surface area contributed by atoms with Crippen LogP contribution in [0.3, 0.4) is 0 Å². The molecule has 0 bridgehead atoms. The van der Waals surface area contributed by atoms with Gasteiger partial charge in [0.05, 0.1) is 12.5 Å². The number of rotatable bonds is 5. The number of nitrogens with zero attached hydrogens (tertiary/aromatic N) is 4. The summed E-state index contributed by atoms with van der Waals surface area (Å²) in [6.45, 7) is 4.79. The van der Waals surface area contributed by atoms with Crippen molar-refractivity contribution in [3.05, 3.63) is 12.3 Å². The van der Waals surface area contributed by atoms with Crippen LogP contribution < -0.4 is 10.2 Å². The van der Waals surface area contributed by atoms with Gasteiger partial charge in [0, 0.05) is 25.8 Å². The van der Waals surface area contributed by atoms with Crippen molar-refractivity contribution in [3.63, 3.8) is 0 Å². The third kappa shape index (κ3) is 3.09. The highest BCUT2D eigenvalue weighted by molar-refractivity contribution is 5.42. The lowest BCUT2D eigenvalue weighted by Crippen LogP contribution is -2.29. The van der Waals surface area contributed by atoms with Crippen LogP contribution in [0.1, 0.15) is 20.3 Å². The summed E-state index contributed by atoms with van der Waals surface area (Å²) in [6, 6.07) is 4.15. The minimum absolute atomic E-state index is 0.148. The summed E-state index contributed by atoms with van der Waals surface area (Å²) in [7, 11) is 1.93. The highest BCUT2D eigenvalue weighted by Gasteiger charge is 2.11. The Hall–Kier alpha value is -1.83. The highest BCUT2D eigenvalue weighted by Crippen LogP contribution is 2.14. The van der Waals surface area contributed by atoms with Crippen LogP contribution in [0.5, 0.6) is 0 Å². The van der Waals surface area contributed by atoms with Gasteiger partial charge in [0.15, 0.2) is 0 Å². The predicted octanol–water partition coefficient (Wildman–Crippen LogP) is 1.65. The zero-order valence-electron chi connectivity index (χ0n) is 9.94. The van der Waals surface area contributed by atoms with Crippen LogP contribution in [-0.2, 0) is 0 Å². The summed E-state index contributed by atoms with van der Waals surface area (Å²) in [5.41, 5.74) is 0. The Morgan fingerprint density at radius 3 is 3.00 bits per heavy atom. The van der Waals surface area contributed by atoms with Gasteiger partial charge in [-0.2, -0.15) is 10.2 Å². The molecule has 5 nitrogen and oxygen atoms in total. The van der Waals surface area contributed by atoms with Gasteiger partial charge < -0.3 is 10.2 Å². The molecule has 0 aliphatic carbocycles. The Morgan fingerprint density at radius 2 is 2.38 bits per heavy atom. The second-order valence-corrected chi connectivity index (χ2v) is 3.59. The van der Waals surface area contributed by atoms with Crippen LogP contribution >= 0.6 is 0 Å². The lowest BCUT2D eigenvalue weighted by Gasteiger charge is -2.24. The van der Waals surface area contributed by atoms with Crippen molar-refractivity contribution in [2.45, 2.75) is 26.3 Å². The van der Waals surface area contributed by atoms with E-state index in [9.17, 15) is 0 Å². The Kier molecular flexibility index (Phi) is 4.52. The number of anilines is 2. The van der Waals surface area contributed by atoms with E-state index >= 15 is 0 Å². The van der Waals surface area contributed by atoms with Gasteiger partial charge in [0.1, 0.15) is 5.82 Å². The molecule has 1 aromatic heterocycles. The summed E-state index contributed by atoms with van der Waals surface area (Å²) >= 11 is 0. The monoisotopic (exact) mass is 219 g/mol. The molecule has 16 heavy (non-hydrogen) atoms. The number of hydrogen-bond donors (Lipinski definition) is 1. The smallest absolute Gasteiger partial charge is 0.224 e. The first-order valence-corrected chi connectivity index (χ1v) is 5.35. The second kappa shape index (κ2) is 5.91. The minimum Gasteiger partial charge on any atom is -0.356 e. The van der Waals surface area contributed by atoms with Crippen LogP contribution in [0.15, 0.2) is 12.3 Å². The van der Waals surface area contributed by atoms with Gasteiger partial charge >= 0.3 is 0 Å². The van der Waals surface area contributed by atoms with Crippen LogP contribution in [-0.4, -0.2) is 29.6 Å². The molecule has 1 atom stereocenters. The van der Waals surface area contributed by atoms with Crippen molar-refractivity contribution in [2.75, 3.05) is 23.8 Å². The number of aromatic nitrogens is 2. The molecule has 0 saturated carbocycles. The normalized spacial score (nSPS) is 11.6. The highest BCUT2D eigenvalue weighted by atomic mass is 15.2. The molecule has 1 aromatic rings. The molecular formula is C11H17N5. The van der Waals surface area contributed by atoms with Gasteiger partial charge in [-0.1, -0.05) is 0 Å². The second-order valence-electron chi connectivity index (χ2n) is 3.59. The average molecular weight is 219 g/mol. The largest absolute Gasteiger partial charge is 0.356 e. The molecule has 1 unspecified atom stereocenters. The van der Waals surface area contributed by atoms with E-state index in [4.69, 9.17) is 5.26 Å². The molecule has 0 amide bonds. The first-order chi connectivity index (χ1) is 7.69. The molecule has 0 aliphatic heterocycles. The molecule has 1 N–H and O–H groups in total. The van der Waals surface area contributed by atoms with E-state index in [-0.39, 0.29) is 6.04 Å². The fourth-order valence-electron chi connectivity index (χ4n) is 1.28. The summed E-state index contributed by atoms with van der Waals surface area (Å²) in [6.07, 6.45) is 2.20. The van der Waals surface area contributed by atoms with E-state index < -0.39 is 0 Å². The van der Waals surface area contributed by atoms with Gasteiger partial charge in [0.2, 0.25) is 5.95 Å². The third-order valence-electron chi connectivity index (χ3n) is 2.38. The molecule has 0 aliphatic rings. The van der Waals surface area contributed by atoms with E-state index in [1.54, 1.807) is 6.20 Å². The van der Waals surface area contributed by atoms with Crippen LogP contribution in [0.4, 0.5) is 11.8 Å². The quantitative estimate of drug-likeness (QED) is 0.815. The summed E-state index contributed by atoms with van der Waals surface area (Å²) in [5, 5.41) is 11.7. The van der Waals surface area contributed by atoms with Gasteiger partial charge in [-0.3, -0.25) is 0 Å². The Bertz CT molecular complexity index is 371.